The van der Waals surface area contributed by atoms with E-state index in [1.54, 1.807) is 12.4 Å². The zero-order chi connectivity index (χ0) is 17.2. The quantitative estimate of drug-likeness (QED) is 0.874. The van der Waals surface area contributed by atoms with Crippen molar-refractivity contribution < 1.29 is 9.32 Å². The molecule has 25 heavy (non-hydrogen) atoms. The molecule has 2 aromatic heterocycles. The van der Waals surface area contributed by atoms with Gasteiger partial charge in [-0.1, -0.05) is 11.6 Å². The maximum atomic E-state index is 12.3. The predicted molar refractivity (Wildman–Crippen MR) is 92.4 cm³/mol. The van der Waals surface area contributed by atoms with Gasteiger partial charge in [0.05, 0.1) is 0 Å². The molecule has 2 bridgehead atoms. The molecule has 0 saturated heterocycles. The average molecular weight is 340 g/mol. The molecule has 2 aliphatic rings. The highest BCUT2D eigenvalue weighted by Crippen LogP contribution is 2.49. The van der Waals surface area contributed by atoms with E-state index in [1.807, 2.05) is 12.1 Å². The van der Waals surface area contributed by atoms with E-state index in [0.717, 1.165) is 17.4 Å². The fraction of sp³-hybridized carbons (Fsp3) is 0.579. The molecule has 2 fully saturated rings. The van der Waals surface area contributed by atoms with E-state index in [4.69, 9.17) is 4.52 Å². The predicted octanol–water partition coefficient (Wildman–Crippen LogP) is 3.01. The van der Waals surface area contributed by atoms with E-state index >= 15 is 0 Å². The van der Waals surface area contributed by atoms with E-state index in [1.165, 1.54) is 25.7 Å². The van der Waals surface area contributed by atoms with Crippen LogP contribution < -0.4 is 5.32 Å². The summed E-state index contributed by atoms with van der Waals surface area (Å²) < 4.78 is 5.25. The number of aryl methyl sites for hydroxylation is 1. The zero-order valence-corrected chi connectivity index (χ0v) is 14.5. The van der Waals surface area contributed by atoms with Crippen molar-refractivity contribution >= 4 is 5.91 Å². The van der Waals surface area contributed by atoms with E-state index in [2.05, 4.69) is 27.4 Å². The van der Waals surface area contributed by atoms with Crippen molar-refractivity contribution in [3.05, 3.63) is 30.4 Å². The smallest absolute Gasteiger partial charge is 0.227 e. The summed E-state index contributed by atoms with van der Waals surface area (Å²) in [5.41, 5.74) is 0.861. The van der Waals surface area contributed by atoms with Crippen LogP contribution in [0.2, 0.25) is 0 Å². The van der Waals surface area contributed by atoms with Crippen LogP contribution in [0.4, 0.5) is 0 Å². The number of nitrogens with zero attached hydrogens (tertiary/aromatic N) is 3. The summed E-state index contributed by atoms with van der Waals surface area (Å²) in [6.45, 7) is 2.15. The standard InChI is InChI=1S/C19H24N4O2/c1-12(16-11-13-2-3-15(16)10-13)21-17(24)4-5-18-22-19(23-25-18)14-6-8-20-9-7-14/h6-9,12-13,15-16H,2-5,10-11H2,1H3,(H,21,24)/t12-,13+,15+,16-/m1/s1. The average Bonchev–Trinajstić information content (AvgIpc) is 3.37. The third-order valence-electron chi connectivity index (χ3n) is 5.80. The molecule has 0 spiro atoms. The number of amides is 1. The first-order chi connectivity index (χ1) is 12.2. The molecule has 1 N–H and O–H groups in total. The highest BCUT2D eigenvalue weighted by Gasteiger charge is 2.42. The minimum absolute atomic E-state index is 0.0685. The van der Waals surface area contributed by atoms with Gasteiger partial charge >= 0.3 is 0 Å². The van der Waals surface area contributed by atoms with Crippen molar-refractivity contribution in [1.82, 2.24) is 20.4 Å². The second kappa shape index (κ2) is 6.94. The lowest BCUT2D eigenvalue weighted by Crippen LogP contribution is -2.40. The normalized spacial score (nSPS) is 25.9. The Hall–Kier alpha value is -2.24. The second-order valence-corrected chi connectivity index (χ2v) is 7.44. The van der Waals surface area contributed by atoms with Crippen molar-refractivity contribution in [3.63, 3.8) is 0 Å². The van der Waals surface area contributed by atoms with Crippen LogP contribution >= 0.6 is 0 Å². The minimum atomic E-state index is 0.0685. The SMILES string of the molecule is C[C@@H](NC(=O)CCc1nc(-c2ccncc2)no1)[C@H]1C[C@H]2CC[C@H]1C2. The Morgan fingerprint density at radius 2 is 2.16 bits per heavy atom. The number of rotatable bonds is 6. The third kappa shape index (κ3) is 3.57. The number of carbonyl (C=O) groups is 1. The summed E-state index contributed by atoms with van der Waals surface area (Å²) in [5.74, 6) is 3.48. The largest absolute Gasteiger partial charge is 0.353 e. The molecule has 6 heteroatoms. The molecular weight excluding hydrogens is 316 g/mol. The fourth-order valence-corrected chi connectivity index (χ4v) is 4.53. The molecule has 6 nitrogen and oxygen atoms in total. The number of fused-ring (bicyclic) bond motifs is 2. The Kier molecular flexibility index (Phi) is 4.51. The lowest BCUT2D eigenvalue weighted by molar-refractivity contribution is -0.122. The number of hydrogen-bond acceptors (Lipinski definition) is 5. The maximum absolute atomic E-state index is 12.3. The van der Waals surface area contributed by atoms with Crippen LogP contribution in [-0.4, -0.2) is 27.1 Å². The van der Waals surface area contributed by atoms with Gasteiger partial charge in [-0.05, 0) is 56.1 Å². The van der Waals surface area contributed by atoms with Crippen LogP contribution in [-0.2, 0) is 11.2 Å². The summed E-state index contributed by atoms with van der Waals surface area (Å²) in [5, 5.41) is 7.15. The summed E-state index contributed by atoms with van der Waals surface area (Å²) in [4.78, 5) is 20.6. The Balaban J connectivity index is 1.27. The molecule has 2 aromatic rings. The lowest BCUT2D eigenvalue weighted by atomic mass is 9.84. The van der Waals surface area contributed by atoms with E-state index in [9.17, 15) is 4.79 Å². The molecule has 0 radical (unpaired) electrons. The lowest BCUT2D eigenvalue weighted by Gasteiger charge is -2.28. The highest BCUT2D eigenvalue weighted by atomic mass is 16.5. The number of hydrogen-bond donors (Lipinski definition) is 1. The van der Waals surface area contributed by atoms with Gasteiger partial charge in [0, 0.05) is 36.8 Å². The summed E-state index contributed by atoms with van der Waals surface area (Å²) in [6.07, 6.45) is 9.60. The van der Waals surface area contributed by atoms with Gasteiger partial charge in [0.1, 0.15) is 0 Å². The third-order valence-corrected chi connectivity index (χ3v) is 5.80. The topological polar surface area (TPSA) is 80.9 Å². The van der Waals surface area contributed by atoms with Gasteiger partial charge in [0.25, 0.3) is 0 Å². The molecule has 4 atom stereocenters. The van der Waals surface area contributed by atoms with Crippen molar-refractivity contribution in [2.24, 2.45) is 17.8 Å². The summed E-state index contributed by atoms with van der Waals surface area (Å²) >= 11 is 0. The van der Waals surface area contributed by atoms with E-state index in [0.29, 0.717) is 30.5 Å². The van der Waals surface area contributed by atoms with Crippen LogP contribution in [0, 0.1) is 17.8 Å². The van der Waals surface area contributed by atoms with Gasteiger partial charge in [-0.2, -0.15) is 4.98 Å². The molecule has 2 saturated carbocycles. The van der Waals surface area contributed by atoms with Crippen molar-refractivity contribution in [1.29, 1.82) is 0 Å². The first-order valence-corrected chi connectivity index (χ1v) is 9.21. The molecule has 2 heterocycles. The van der Waals surface area contributed by atoms with Gasteiger partial charge in [0.2, 0.25) is 17.6 Å². The maximum Gasteiger partial charge on any atom is 0.227 e. The molecule has 1 amide bonds. The first-order valence-electron chi connectivity index (χ1n) is 9.21. The number of aromatic nitrogens is 3. The molecule has 0 aromatic carbocycles. The Bertz CT molecular complexity index is 730. The molecule has 0 unspecified atom stereocenters. The molecule has 4 rings (SSSR count). The molecule has 2 aliphatic carbocycles. The van der Waals surface area contributed by atoms with Crippen molar-refractivity contribution in [2.45, 2.75) is 51.5 Å². The number of nitrogens with one attached hydrogen (secondary N) is 1. The first kappa shape index (κ1) is 16.2. The van der Waals surface area contributed by atoms with Crippen molar-refractivity contribution in [3.8, 4) is 11.4 Å². The number of pyridine rings is 1. The van der Waals surface area contributed by atoms with Gasteiger partial charge in [-0.15, -0.1) is 0 Å². The van der Waals surface area contributed by atoms with Crippen LogP contribution in [0.15, 0.2) is 29.0 Å². The fourth-order valence-electron chi connectivity index (χ4n) is 4.53. The summed E-state index contributed by atoms with van der Waals surface area (Å²) in [6, 6.07) is 3.93. The Morgan fingerprint density at radius 3 is 2.88 bits per heavy atom. The second-order valence-electron chi connectivity index (χ2n) is 7.44. The molecular formula is C19H24N4O2. The number of carbonyl (C=O) groups excluding carboxylic acids is 1. The van der Waals surface area contributed by atoms with Crippen LogP contribution in [0.25, 0.3) is 11.4 Å². The van der Waals surface area contributed by atoms with E-state index in [-0.39, 0.29) is 11.9 Å². The van der Waals surface area contributed by atoms with Crippen molar-refractivity contribution in [2.75, 3.05) is 0 Å². The van der Waals surface area contributed by atoms with Gasteiger partial charge < -0.3 is 9.84 Å². The Labute approximate surface area is 147 Å². The van der Waals surface area contributed by atoms with E-state index < -0.39 is 0 Å². The highest BCUT2D eigenvalue weighted by molar-refractivity contribution is 5.76. The minimum Gasteiger partial charge on any atom is -0.353 e. The van der Waals surface area contributed by atoms with Crippen LogP contribution in [0.3, 0.4) is 0 Å². The Morgan fingerprint density at radius 1 is 1.32 bits per heavy atom. The van der Waals surface area contributed by atoms with Crippen LogP contribution in [0.1, 0.15) is 44.9 Å². The summed E-state index contributed by atoms with van der Waals surface area (Å²) in [7, 11) is 0. The van der Waals surface area contributed by atoms with Gasteiger partial charge in [-0.25, -0.2) is 0 Å². The monoisotopic (exact) mass is 340 g/mol. The zero-order valence-electron chi connectivity index (χ0n) is 14.5. The molecule has 0 aliphatic heterocycles. The van der Waals surface area contributed by atoms with Gasteiger partial charge in [0.15, 0.2) is 0 Å². The van der Waals surface area contributed by atoms with Gasteiger partial charge in [-0.3, -0.25) is 9.78 Å². The molecule has 132 valence electrons. The van der Waals surface area contributed by atoms with Crippen LogP contribution in [0.5, 0.6) is 0 Å².